The van der Waals surface area contributed by atoms with Crippen LogP contribution < -0.4 is 0 Å². The minimum Gasteiger partial charge on any atom is -0.455 e. The van der Waals surface area contributed by atoms with Crippen molar-refractivity contribution in [2.75, 3.05) is 6.61 Å². The SMILES string of the molecule is CCC(=O)OC1CC(=O)N1C(=O)COC(=O)C(C)(CC)C(F)(F)F. The van der Waals surface area contributed by atoms with Crippen LogP contribution in [-0.4, -0.2) is 47.7 Å². The quantitative estimate of drug-likeness (QED) is 0.532. The minimum absolute atomic E-state index is 0.0299. The van der Waals surface area contributed by atoms with Crippen molar-refractivity contribution in [3.05, 3.63) is 0 Å². The van der Waals surface area contributed by atoms with Crippen LogP contribution in [0, 0.1) is 5.41 Å². The number of halogens is 3. The fourth-order valence-corrected chi connectivity index (χ4v) is 1.83. The molecule has 2 unspecified atom stereocenters. The van der Waals surface area contributed by atoms with E-state index in [4.69, 9.17) is 4.74 Å². The van der Waals surface area contributed by atoms with Crippen LogP contribution in [0.2, 0.25) is 0 Å². The summed E-state index contributed by atoms with van der Waals surface area (Å²) < 4.78 is 48.0. The van der Waals surface area contributed by atoms with Crippen LogP contribution >= 0.6 is 0 Å². The number of likely N-dealkylation sites (tertiary alicyclic amines) is 1. The van der Waals surface area contributed by atoms with Gasteiger partial charge < -0.3 is 9.47 Å². The normalized spacial score (nSPS) is 20.0. The lowest BCUT2D eigenvalue weighted by Gasteiger charge is -2.37. The molecule has 1 rings (SSSR count). The highest BCUT2D eigenvalue weighted by atomic mass is 19.4. The van der Waals surface area contributed by atoms with Crippen LogP contribution in [-0.2, 0) is 28.7 Å². The summed E-state index contributed by atoms with van der Waals surface area (Å²) in [6.45, 7) is 2.30. The lowest BCUT2D eigenvalue weighted by molar-refractivity contribution is -0.231. The Morgan fingerprint density at radius 2 is 1.83 bits per heavy atom. The molecule has 0 bridgehead atoms. The smallest absolute Gasteiger partial charge is 0.404 e. The molecule has 0 aromatic carbocycles. The van der Waals surface area contributed by atoms with Gasteiger partial charge in [-0.05, 0) is 13.3 Å². The van der Waals surface area contributed by atoms with E-state index in [1.165, 1.54) is 6.92 Å². The minimum atomic E-state index is -4.84. The Kier molecular flexibility index (Phi) is 5.96. The van der Waals surface area contributed by atoms with Crippen molar-refractivity contribution in [3.63, 3.8) is 0 Å². The summed E-state index contributed by atoms with van der Waals surface area (Å²) in [5.41, 5.74) is -2.75. The largest absolute Gasteiger partial charge is 0.455 e. The van der Waals surface area contributed by atoms with Crippen LogP contribution in [0.4, 0.5) is 13.2 Å². The summed E-state index contributed by atoms with van der Waals surface area (Å²) in [6, 6.07) is 0. The van der Waals surface area contributed by atoms with Gasteiger partial charge in [0.1, 0.15) is 0 Å². The first-order chi connectivity index (χ1) is 11.0. The fourth-order valence-electron chi connectivity index (χ4n) is 1.83. The molecule has 1 aliphatic rings. The first kappa shape index (κ1) is 19.9. The van der Waals surface area contributed by atoms with Gasteiger partial charge in [-0.3, -0.25) is 19.2 Å². The summed E-state index contributed by atoms with van der Waals surface area (Å²) in [5, 5.41) is 0. The van der Waals surface area contributed by atoms with E-state index in [1.807, 2.05) is 0 Å². The van der Waals surface area contributed by atoms with E-state index < -0.39 is 54.6 Å². The molecule has 0 saturated carbocycles. The molecule has 2 amide bonds. The molecule has 136 valence electrons. The van der Waals surface area contributed by atoms with E-state index >= 15 is 0 Å². The van der Waals surface area contributed by atoms with Crippen molar-refractivity contribution in [1.29, 1.82) is 0 Å². The topological polar surface area (TPSA) is 90.0 Å². The molecule has 2 atom stereocenters. The number of hydrogen-bond acceptors (Lipinski definition) is 6. The number of ether oxygens (including phenoxy) is 2. The maximum absolute atomic E-state index is 12.9. The van der Waals surface area contributed by atoms with E-state index in [0.29, 0.717) is 11.8 Å². The number of rotatable bonds is 6. The Balaban J connectivity index is 2.66. The first-order valence-electron chi connectivity index (χ1n) is 7.26. The number of alkyl halides is 3. The third kappa shape index (κ3) is 3.85. The number of carbonyl (C=O) groups is 4. The van der Waals surface area contributed by atoms with Crippen molar-refractivity contribution in [2.45, 2.75) is 52.4 Å². The molecule has 0 aliphatic carbocycles. The van der Waals surface area contributed by atoms with Crippen LogP contribution in [0.1, 0.15) is 40.0 Å². The monoisotopic (exact) mass is 353 g/mol. The Morgan fingerprint density at radius 3 is 2.25 bits per heavy atom. The summed E-state index contributed by atoms with van der Waals surface area (Å²) in [4.78, 5) is 46.6. The summed E-state index contributed by atoms with van der Waals surface area (Å²) in [7, 11) is 0. The van der Waals surface area contributed by atoms with Crippen molar-refractivity contribution >= 4 is 23.8 Å². The van der Waals surface area contributed by atoms with Crippen molar-refractivity contribution in [2.24, 2.45) is 5.41 Å². The summed E-state index contributed by atoms with van der Waals surface area (Å²) >= 11 is 0. The summed E-state index contributed by atoms with van der Waals surface area (Å²) in [5.74, 6) is -3.97. The lowest BCUT2D eigenvalue weighted by Crippen LogP contribution is -2.58. The fraction of sp³-hybridized carbons (Fsp3) is 0.714. The molecule has 1 fully saturated rings. The zero-order valence-electron chi connectivity index (χ0n) is 13.4. The molecule has 0 spiro atoms. The number of hydrogen-bond donors (Lipinski definition) is 0. The molecule has 1 aliphatic heterocycles. The van der Waals surface area contributed by atoms with Gasteiger partial charge in [-0.25, -0.2) is 4.90 Å². The second kappa shape index (κ2) is 7.18. The van der Waals surface area contributed by atoms with Gasteiger partial charge in [-0.15, -0.1) is 0 Å². The zero-order valence-corrected chi connectivity index (χ0v) is 13.4. The van der Waals surface area contributed by atoms with Crippen LogP contribution in [0.15, 0.2) is 0 Å². The third-order valence-electron chi connectivity index (χ3n) is 3.84. The number of carbonyl (C=O) groups excluding carboxylic acids is 4. The lowest BCUT2D eigenvalue weighted by atomic mass is 9.87. The van der Waals surface area contributed by atoms with Gasteiger partial charge in [0.05, 0.1) is 6.42 Å². The average molecular weight is 353 g/mol. The van der Waals surface area contributed by atoms with Crippen LogP contribution in [0.25, 0.3) is 0 Å². The van der Waals surface area contributed by atoms with Gasteiger partial charge in [0, 0.05) is 6.42 Å². The molecule has 0 aromatic rings. The van der Waals surface area contributed by atoms with E-state index in [-0.39, 0.29) is 12.8 Å². The third-order valence-corrected chi connectivity index (χ3v) is 3.84. The first-order valence-corrected chi connectivity index (χ1v) is 7.26. The molecule has 0 radical (unpaired) electrons. The van der Waals surface area contributed by atoms with Crippen LogP contribution in [0.5, 0.6) is 0 Å². The zero-order chi connectivity index (χ0) is 18.7. The van der Waals surface area contributed by atoms with Gasteiger partial charge in [0.25, 0.3) is 5.91 Å². The Bertz CT molecular complexity index is 547. The maximum Gasteiger partial charge on any atom is 0.404 e. The van der Waals surface area contributed by atoms with Gasteiger partial charge in [0.2, 0.25) is 5.91 Å². The molecule has 0 N–H and O–H groups in total. The van der Waals surface area contributed by atoms with Crippen molar-refractivity contribution in [1.82, 2.24) is 4.90 Å². The standard InChI is InChI=1S/C14H18F3NO6/c1-4-11(21)24-10-6-8(19)18(10)9(20)7-23-12(22)13(3,5-2)14(15,16)17/h10H,4-7H2,1-3H3. The maximum atomic E-state index is 12.9. The molecular weight excluding hydrogens is 335 g/mol. The molecular formula is C14H18F3NO6. The van der Waals surface area contributed by atoms with Crippen molar-refractivity contribution < 1.29 is 41.8 Å². The van der Waals surface area contributed by atoms with Gasteiger partial charge >= 0.3 is 18.1 Å². The van der Waals surface area contributed by atoms with Crippen LogP contribution in [0.3, 0.4) is 0 Å². The highest BCUT2D eigenvalue weighted by Gasteiger charge is 2.57. The van der Waals surface area contributed by atoms with Gasteiger partial charge in [0.15, 0.2) is 18.2 Å². The highest BCUT2D eigenvalue weighted by molar-refractivity contribution is 6.01. The molecule has 10 heteroatoms. The Labute approximate surface area is 136 Å². The number of nitrogens with zero attached hydrogens (tertiary/aromatic N) is 1. The number of imide groups is 1. The van der Waals surface area contributed by atoms with Crippen molar-refractivity contribution in [3.8, 4) is 0 Å². The number of amides is 2. The highest BCUT2D eigenvalue weighted by Crippen LogP contribution is 2.41. The predicted octanol–water partition coefficient (Wildman–Crippen LogP) is 1.55. The molecule has 1 saturated heterocycles. The van der Waals surface area contributed by atoms with E-state index in [0.717, 1.165) is 6.92 Å². The van der Waals surface area contributed by atoms with E-state index in [9.17, 15) is 32.3 Å². The van der Waals surface area contributed by atoms with Gasteiger partial charge in [-0.1, -0.05) is 13.8 Å². The molecule has 0 aromatic heterocycles. The van der Waals surface area contributed by atoms with Gasteiger partial charge in [-0.2, -0.15) is 13.2 Å². The van der Waals surface area contributed by atoms with E-state index in [1.54, 1.807) is 0 Å². The Hall–Kier alpha value is -2.13. The van der Waals surface area contributed by atoms with E-state index in [2.05, 4.69) is 4.74 Å². The average Bonchev–Trinajstić information content (AvgIpc) is 2.49. The second-order valence-electron chi connectivity index (χ2n) is 5.42. The Morgan fingerprint density at radius 1 is 1.25 bits per heavy atom. The summed E-state index contributed by atoms with van der Waals surface area (Å²) in [6.07, 6.45) is -6.70. The number of esters is 2. The predicted molar refractivity (Wildman–Crippen MR) is 72.1 cm³/mol. The second-order valence-corrected chi connectivity index (χ2v) is 5.42. The number of β-lactam (4-membered cyclic amide) rings is 1. The molecule has 24 heavy (non-hydrogen) atoms. The molecule has 7 nitrogen and oxygen atoms in total. The molecule has 1 heterocycles.